The van der Waals surface area contributed by atoms with E-state index in [1.165, 1.54) is 6.08 Å². The number of esters is 1. The van der Waals surface area contributed by atoms with Crippen molar-refractivity contribution in [2.75, 3.05) is 36.3 Å². The van der Waals surface area contributed by atoms with Crippen molar-refractivity contribution in [2.24, 2.45) is 5.92 Å². The number of ether oxygens (including phenoxy) is 1. The van der Waals surface area contributed by atoms with E-state index in [9.17, 15) is 23.3 Å². The van der Waals surface area contributed by atoms with Crippen molar-refractivity contribution in [3.63, 3.8) is 0 Å². The molecule has 1 atom stereocenters. The van der Waals surface area contributed by atoms with Gasteiger partial charge in [0.05, 0.1) is 23.5 Å². The maximum atomic E-state index is 12.5. The van der Waals surface area contributed by atoms with E-state index in [4.69, 9.17) is 4.74 Å². The molecule has 1 aromatic carbocycles. The number of sulfone groups is 1. The van der Waals surface area contributed by atoms with Gasteiger partial charge in [0, 0.05) is 25.4 Å². The van der Waals surface area contributed by atoms with Crippen LogP contribution < -0.4 is 9.80 Å². The Kier molecular flexibility index (Phi) is 5.25. The molecule has 2 aliphatic rings. The molecule has 1 aromatic rings. The molecule has 0 spiro atoms. The summed E-state index contributed by atoms with van der Waals surface area (Å²) in [4.78, 5) is 27.9. The van der Waals surface area contributed by atoms with Gasteiger partial charge in [0.2, 0.25) is 5.78 Å². The fourth-order valence-electron chi connectivity index (χ4n) is 3.32. The lowest BCUT2D eigenvalue weighted by atomic mass is 10.1. The average Bonchev–Trinajstić information content (AvgIpc) is 3.12. The van der Waals surface area contributed by atoms with Gasteiger partial charge in [-0.2, -0.15) is 5.26 Å². The summed E-state index contributed by atoms with van der Waals surface area (Å²) < 4.78 is 27.7. The van der Waals surface area contributed by atoms with Gasteiger partial charge in [0.25, 0.3) is 0 Å². The third-order valence-electron chi connectivity index (χ3n) is 4.65. The number of hydrogen-bond acceptors (Lipinski definition) is 8. The number of carbonyl (C=O) groups excluding carboxylic acids is 2. The highest BCUT2D eigenvalue weighted by Gasteiger charge is 2.32. The van der Waals surface area contributed by atoms with Crippen LogP contribution in [0.5, 0.6) is 0 Å². The summed E-state index contributed by atoms with van der Waals surface area (Å²) in [5, 5.41) is 10.6. The zero-order valence-corrected chi connectivity index (χ0v) is 16.3. The van der Waals surface area contributed by atoms with Gasteiger partial charge in [-0.25, -0.2) is 8.42 Å². The fraction of sp³-hybridized carbons (Fsp3) is 0.316. The topological polar surface area (TPSA) is 108 Å². The quantitative estimate of drug-likeness (QED) is 0.414. The fourth-order valence-corrected chi connectivity index (χ4v) is 4.71. The van der Waals surface area contributed by atoms with Gasteiger partial charge >= 0.3 is 5.97 Å². The molecule has 0 saturated carbocycles. The third-order valence-corrected chi connectivity index (χ3v) is 6.12. The van der Waals surface area contributed by atoms with Crippen LogP contribution in [0.2, 0.25) is 0 Å². The number of fused-ring (bicyclic) bond motifs is 1. The van der Waals surface area contributed by atoms with Crippen molar-refractivity contribution in [3.05, 3.63) is 47.1 Å². The number of allylic oxidation sites excluding steroid dienone is 1. The lowest BCUT2D eigenvalue weighted by Crippen LogP contribution is -2.28. The molecule has 0 amide bonds. The summed E-state index contributed by atoms with van der Waals surface area (Å²) in [5.74, 6) is -1.49. The van der Waals surface area contributed by atoms with Crippen LogP contribution in [0.25, 0.3) is 0 Å². The van der Waals surface area contributed by atoms with Crippen LogP contribution in [-0.2, 0) is 24.2 Å². The number of hydrogen-bond donors (Lipinski definition) is 0. The number of nitriles is 1. The molecule has 0 aromatic heterocycles. The largest absolute Gasteiger partial charge is 0.457 e. The first-order valence-electron chi connectivity index (χ1n) is 8.54. The number of rotatable bonds is 5. The van der Waals surface area contributed by atoms with Gasteiger partial charge in [0.1, 0.15) is 17.5 Å². The molecule has 28 heavy (non-hydrogen) atoms. The molecule has 8 nitrogen and oxygen atoms in total. The van der Waals surface area contributed by atoms with Crippen LogP contribution in [0, 0.1) is 17.2 Å². The smallest absolute Gasteiger partial charge is 0.306 e. The molecule has 9 heteroatoms. The first-order valence-corrected chi connectivity index (χ1v) is 10.3. The number of benzene rings is 1. The summed E-state index contributed by atoms with van der Waals surface area (Å²) in [6, 6.07) is 9.39. The Morgan fingerprint density at radius 2 is 1.82 bits per heavy atom. The van der Waals surface area contributed by atoms with Crippen LogP contribution in [-0.4, -0.2) is 46.6 Å². The van der Waals surface area contributed by atoms with Crippen molar-refractivity contribution in [2.45, 2.75) is 6.42 Å². The average molecular weight is 401 g/mol. The minimum Gasteiger partial charge on any atom is -0.457 e. The minimum atomic E-state index is -3.26. The van der Waals surface area contributed by atoms with E-state index < -0.39 is 34.1 Å². The molecule has 0 fully saturated rings. The summed E-state index contributed by atoms with van der Waals surface area (Å²) in [6.45, 7) is -0.577. The monoisotopic (exact) mass is 401 g/mol. The van der Waals surface area contributed by atoms with Gasteiger partial charge in [0.15, 0.2) is 16.4 Å². The van der Waals surface area contributed by atoms with Crippen LogP contribution >= 0.6 is 0 Å². The molecule has 3 rings (SSSR count). The molecular weight excluding hydrogens is 382 g/mol. The predicted octanol–water partition coefficient (Wildman–Crippen LogP) is 1.37. The zero-order chi connectivity index (χ0) is 20.5. The summed E-state index contributed by atoms with van der Waals surface area (Å²) in [7, 11) is 0.246. The van der Waals surface area contributed by atoms with Gasteiger partial charge in [-0.3, -0.25) is 9.59 Å². The lowest BCUT2D eigenvalue weighted by molar-refractivity contribution is -0.147. The highest BCUT2D eigenvalue weighted by Crippen LogP contribution is 2.40. The van der Waals surface area contributed by atoms with E-state index in [0.717, 1.165) is 16.8 Å². The molecule has 0 saturated heterocycles. The Bertz CT molecular complexity index is 1000. The lowest BCUT2D eigenvalue weighted by Gasteiger charge is -2.19. The number of Topliss-reactive ketones (excluding diaryl/α,β-unsaturated/α-hetero) is 1. The van der Waals surface area contributed by atoms with Crippen molar-refractivity contribution in [1.82, 2.24) is 0 Å². The van der Waals surface area contributed by atoms with Crippen molar-refractivity contribution >= 4 is 33.0 Å². The maximum absolute atomic E-state index is 12.5. The molecule has 0 aliphatic carbocycles. The minimum absolute atomic E-state index is 0.114. The van der Waals surface area contributed by atoms with Crippen molar-refractivity contribution in [1.29, 1.82) is 5.26 Å². The Morgan fingerprint density at radius 3 is 2.32 bits per heavy atom. The number of ketones is 1. The van der Waals surface area contributed by atoms with E-state index in [-0.39, 0.29) is 17.7 Å². The van der Waals surface area contributed by atoms with Crippen molar-refractivity contribution < 1.29 is 22.7 Å². The molecule has 2 aliphatic heterocycles. The van der Waals surface area contributed by atoms with Gasteiger partial charge in [-0.05, 0) is 12.1 Å². The normalized spacial score (nSPS) is 19.3. The molecule has 0 bridgehead atoms. The number of nitrogens with zero attached hydrogens (tertiary/aromatic N) is 3. The molecule has 0 radical (unpaired) electrons. The number of carbonyl (C=O) groups is 2. The first kappa shape index (κ1) is 19.6. The molecule has 1 unspecified atom stereocenters. The summed E-state index contributed by atoms with van der Waals surface area (Å²) in [6.07, 6.45) is 1.31. The van der Waals surface area contributed by atoms with E-state index in [1.807, 2.05) is 30.3 Å². The highest BCUT2D eigenvalue weighted by molar-refractivity contribution is 7.94. The maximum Gasteiger partial charge on any atom is 0.306 e. The number of anilines is 2. The van der Waals surface area contributed by atoms with Crippen LogP contribution in [0.1, 0.15) is 6.42 Å². The molecular formula is C19H19N3O5S. The van der Waals surface area contributed by atoms with E-state index in [1.54, 1.807) is 23.9 Å². The zero-order valence-electron chi connectivity index (χ0n) is 15.5. The third kappa shape index (κ3) is 3.77. The Morgan fingerprint density at radius 1 is 1.21 bits per heavy atom. The molecule has 0 N–H and O–H groups in total. The van der Waals surface area contributed by atoms with E-state index in [0.29, 0.717) is 5.82 Å². The van der Waals surface area contributed by atoms with E-state index >= 15 is 0 Å². The van der Waals surface area contributed by atoms with Crippen molar-refractivity contribution in [3.8, 4) is 6.07 Å². The van der Waals surface area contributed by atoms with Crippen LogP contribution in [0.15, 0.2) is 47.1 Å². The molecule has 2 heterocycles. The highest BCUT2D eigenvalue weighted by atomic mass is 32.2. The van der Waals surface area contributed by atoms with Gasteiger partial charge < -0.3 is 14.5 Å². The second-order valence-corrected chi connectivity index (χ2v) is 8.55. The Balaban J connectivity index is 1.68. The first-order chi connectivity index (χ1) is 13.2. The van der Waals surface area contributed by atoms with E-state index in [2.05, 4.69) is 0 Å². The number of para-hydroxylation sites is 2. The summed E-state index contributed by atoms with van der Waals surface area (Å²) >= 11 is 0. The predicted molar refractivity (Wildman–Crippen MR) is 103 cm³/mol. The van der Waals surface area contributed by atoms with Crippen LogP contribution in [0.3, 0.4) is 0 Å². The standard InChI is InChI=1S/C19H19N3O5S/c1-21-15-5-3-4-6-16(15)22(2)19(21)14(10-20)17(23)11-27-18(24)9-13-7-8-28(25,26)12-13/h3-8,13H,9,11-12H2,1-2H3. The second kappa shape index (κ2) is 7.48. The van der Waals surface area contributed by atoms with Gasteiger partial charge in [-0.15, -0.1) is 0 Å². The second-order valence-electron chi connectivity index (χ2n) is 6.62. The van der Waals surface area contributed by atoms with Gasteiger partial charge in [-0.1, -0.05) is 18.2 Å². The Hall–Kier alpha value is -3.12. The molecule has 146 valence electrons. The van der Waals surface area contributed by atoms with Crippen LogP contribution in [0.4, 0.5) is 11.4 Å². The Labute approximate surface area is 163 Å². The summed E-state index contributed by atoms with van der Waals surface area (Å²) in [5.41, 5.74) is 1.59. The SMILES string of the molecule is CN1C(=C(C#N)C(=O)COC(=O)CC2C=CS(=O)(=O)C2)N(C)c2ccccc21.